The number of aryl methyl sites for hydroxylation is 2. The van der Waals surface area contributed by atoms with Gasteiger partial charge in [0.15, 0.2) is 0 Å². The molecule has 0 bridgehead atoms. The van der Waals surface area contributed by atoms with Gasteiger partial charge in [0.2, 0.25) is 5.88 Å². The van der Waals surface area contributed by atoms with Crippen LogP contribution in [-0.2, 0) is 18.7 Å². The molecule has 2 aromatic rings. The molecule has 0 aliphatic heterocycles. The van der Waals surface area contributed by atoms with Crippen molar-refractivity contribution in [3.8, 4) is 11.6 Å². The van der Waals surface area contributed by atoms with Gasteiger partial charge in [-0.15, -0.1) is 11.6 Å². The van der Waals surface area contributed by atoms with Gasteiger partial charge >= 0.3 is 0 Å². The SMILES string of the molecule is ClCc1nc(Oc2ccc3c(c2)CCCC3)ccc1Cl. The minimum atomic E-state index is 0.278. The number of ether oxygens (including phenoxy) is 1. The van der Waals surface area contributed by atoms with Gasteiger partial charge in [-0.05, 0) is 55.0 Å². The molecule has 0 amide bonds. The smallest absolute Gasteiger partial charge is 0.219 e. The van der Waals surface area contributed by atoms with Gasteiger partial charge in [0.1, 0.15) is 5.75 Å². The molecule has 0 spiro atoms. The van der Waals surface area contributed by atoms with E-state index in [1.165, 1.54) is 30.4 Å². The largest absolute Gasteiger partial charge is 0.439 e. The van der Waals surface area contributed by atoms with Crippen molar-refractivity contribution in [2.45, 2.75) is 31.6 Å². The van der Waals surface area contributed by atoms with Crippen molar-refractivity contribution in [2.24, 2.45) is 0 Å². The lowest BCUT2D eigenvalue weighted by atomic mass is 9.92. The van der Waals surface area contributed by atoms with Gasteiger partial charge in [0, 0.05) is 6.07 Å². The molecule has 0 fully saturated rings. The van der Waals surface area contributed by atoms with E-state index in [0.717, 1.165) is 12.2 Å². The second-order valence-electron chi connectivity index (χ2n) is 4.95. The second-order valence-corrected chi connectivity index (χ2v) is 5.63. The van der Waals surface area contributed by atoms with Crippen molar-refractivity contribution >= 4 is 23.2 Å². The number of benzene rings is 1. The van der Waals surface area contributed by atoms with E-state index < -0.39 is 0 Å². The standard InChI is InChI=1S/C16H15Cl2NO/c17-10-15-14(18)7-8-16(19-15)20-13-6-5-11-3-1-2-4-12(11)9-13/h5-9H,1-4,10H2. The Morgan fingerprint density at radius 1 is 1.05 bits per heavy atom. The first-order valence-corrected chi connectivity index (χ1v) is 7.68. The van der Waals surface area contributed by atoms with Gasteiger partial charge in [-0.1, -0.05) is 17.7 Å². The van der Waals surface area contributed by atoms with Crippen LogP contribution in [0.5, 0.6) is 11.6 Å². The average molecular weight is 308 g/mol. The van der Waals surface area contributed by atoms with Crippen molar-refractivity contribution in [3.05, 3.63) is 52.2 Å². The molecule has 0 radical (unpaired) electrons. The van der Waals surface area contributed by atoms with Crippen LogP contribution in [0, 0.1) is 0 Å². The number of pyridine rings is 1. The normalized spacial score (nSPS) is 13.9. The molecule has 3 rings (SSSR count). The van der Waals surface area contributed by atoms with Gasteiger partial charge in [-0.25, -0.2) is 4.98 Å². The van der Waals surface area contributed by atoms with Crippen LogP contribution in [0.15, 0.2) is 30.3 Å². The fraction of sp³-hybridized carbons (Fsp3) is 0.312. The lowest BCUT2D eigenvalue weighted by Crippen LogP contribution is -2.02. The molecule has 0 saturated heterocycles. The predicted octanol–water partition coefficient (Wildman–Crippen LogP) is 5.14. The van der Waals surface area contributed by atoms with E-state index in [4.69, 9.17) is 27.9 Å². The number of hydrogen-bond donors (Lipinski definition) is 0. The van der Waals surface area contributed by atoms with E-state index in [1.54, 1.807) is 12.1 Å². The van der Waals surface area contributed by atoms with Crippen molar-refractivity contribution in [1.82, 2.24) is 4.98 Å². The number of halogens is 2. The van der Waals surface area contributed by atoms with Crippen molar-refractivity contribution in [3.63, 3.8) is 0 Å². The molecule has 0 saturated carbocycles. The van der Waals surface area contributed by atoms with E-state index in [-0.39, 0.29) is 5.88 Å². The van der Waals surface area contributed by atoms with Crippen LogP contribution in [0.2, 0.25) is 5.02 Å². The van der Waals surface area contributed by atoms with Gasteiger partial charge in [0.05, 0.1) is 16.6 Å². The van der Waals surface area contributed by atoms with Gasteiger partial charge in [-0.3, -0.25) is 0 Å². The zero-order chi connectivity index (χ0) is 13.9. The van der Waals surface area contributed by atoms with Crippen LogP contribution in [-0.4, -0.2) is 4.98 Å². The Morgan fingerprint density at radius 2 is 1.85 bits per heavy atom. The number of aromatic nitrogens is 1. The number of fused-ring (bicyclic) bond motifs is 1. The van der Waals surface area contributed by atoms with Crippen LogP contribution in [0.1, 0.15) is 29.7 Å². The summed E-state index contributed by atoms with van der Waals surface area (Å²) in [6, 6.07) is 9.80. The van der Waals surface area contributed by atoms with Crippen molar-refractivity contribution in [1.29, 1.82) is 0 Å². The summed E-state index contributed by atoms with van der Waals surface area (Å²) in [6.07, 6.45) is 4.84. The first-order chi connectivity index (χ1) is 9.76. The fourth-order valence-corrected chi connectivity index (χ4v) is 2.95. The highest BCUT2D eigenvalue weighted by Crippen LogP contribution is 2.28. The summed E-state index contributed by atoms with van der Waals surface area (Å²) in [5.41, 5.74) is 3.47. The maximum Gasteiger partial charge on any atom is 0.219 e. The zero-order valence-electron chi connectivity index (χ0n) is 11.0. The Balaban J connectivity index is 1.84. The molecular formula is C16H15Cl2NO. The minimum absolute atomic E-state index is 0.278. The molecule has 0 N–H and O–H groups in total. The maximum atomic E-state index is 5.99. The topological polar surface area (TPSA) is 22.1 Å². The van der Waals surface area contributed by atoms with Crippen LogP contribution in [0.4, 0.5) is 0 Å². The molecular weight excluding hydrogens is 293 g/mol. The number of alkyl halides is 1. The minimum Gasteiger partial charge on any atom is -0.439 e. The van der Waals surface area contributed by atoms with Gasteiger partial charge in [-0.2, -0.15) is 0 Å². The van der Waals surface area contributed by atoms with Crippen molar-refractivity contribution in [2.75, 3.05) is 0 Å². The number of hydrogen-bond acceptors (Lipinski definition) is 2. The Morgan fingerprint density at radius 3 is 2.65 bits per heavy atom. The molecule has 1 aromatic heterocycles. The predicted molar refractivity (Wildman–Crippen MR) is 82.0 cm³/mol. The summed E-state index contributed by atoms with van der Waals surface area (Å²) in [4.78, 5) is 4.31. The van der Waals surface area contributed by atoms with Crippen LogP contribution in [0.25, 0.3) is 0 Å². The first kappa shape index (κ1) is 13.7. The maximum absolute atomic E-state index is 5.99. The van der Waals surface area contributed by atoms with E-state index in [0.29, 0.717) is 16.6 Å². The van der Waals surface area contributed by atoms with Crippen LogP contribution >= 0.6 is 23.2 Å². The highest BCUT2D eigenvalue weighted by atomic mass is 35.5. The van der Waals surface area contributed by atoms with E-state index >= 15 is 0 Å². The average Bonchev–Trinajstić information content (AvgIpc) is 2.49. The van der Waals surface area contributed by atoms with E-state index in [1.807, 2.05) is 6.07 Å². The fourth-order valence-electron chi connectivity index (χ4n) is 2.51. The number of rotatable bonds is 3. The highest BCUT2D eigenvalue weighted by molar-refractivity contribution is 6.32. The summed E-state index contributed by atoms with van der Waals surface area (Å²) >= 11 is 11.8. The second kappa shape index (κ2) is 6.02. The van der Waals surface area contributed by atoms with Crippen molar-refractivity contribution < 1.29 is 4.74 Å². The van der Waals surface area contributed by atoms with Crippen LogP contribution < -0.4 is 4.74 Å². The molecule has 0 atom stereocenters. The Kier molecular flexibility index (Phi) is 4.13. The molecule has 1 aliphatic carbocycles. The molecule has 2 nitrogen and oxygen atoms in total. The molecule has 104 valence electrons. The third-order valence-corrected chi connectivity index (χ3v) is 4.16. The van der Waals surface area contributed by atoms with Gasteiger partial charge in [0.25, 0.3) is 0 Å². The molecule has 1 aliphatic rings. The highest BCUT2D eigenvalue weighted by Gasteiger charge is 2.11. The van der Waals surface area contributed by atoms with Crippen LogP contribution in [0.3, 0.4) is 0 Å². The third-order valence-electron chi connectivity index (χ3n) is 3.56. The Labute approximate surface area is 128 Å². The molecule has 1 heterocycles. The Bertz CT molecular complexity index is 628. The molecule has 0 unspecified atom stereocenters. The van der Waals surface area contributed by atoms with Gasteiger partial charge < -0.3 is 4.74 Å². The molecule has 1 aromatic carbocycles. The molecule has 20 heavy (non-hydrogen) atoms. The quantitative estimate of drug-likeness (QED) is 0.732. The summed E-state index contributed by atoms with van der Waals surface area (Å²) in [6.45, 7) is 0. The third kappa shape index (κ3) is 2.92. The number of nitrogens with zero attached hydrogens (tertiary/aromatic N) is 1. The monoisotopic (exact) mass is 307 g/mol. The summed E-state index contributed by atoms with van der Waals surface area (Å²) in [5, 5.41) is 0.567. The summed E-state index contributed by atoms with van der Waals surface area (Å²) < 4.78 is 5.81. The lowest BCUT2D eigenvalue weighted by molar-refractivity contribution is 0.460. The zero-order valence-corrected chi connectivity index (χ0v) is 12.5. The molecule has 4 heteroatoms. The first-order valence-electron chi connectivity index (χ1n) is 6.77. The van der Waals surface area contributed by atoms with E-state index in [9.17, 15) is 0 Å². The summed E-state index contributed by atoms with van der Waals surface area (Å²) in [7, 11) is 0. The van der Waals surface area contributed by atoms with E-state index in [2.05, 4.69) is 17.1 Å². The lowest BCUT2D eigenvalue weighted by Gasteiger charge is -2.16. The summed E-state index contributed by atoms with van der Waals surface area (Å²) in [5.74, 6) is 1.63. The Hall–Kier alpha value is -1.25.